The van der Waals surface area contributed by atoms with E-state index in [2.05, 4.69) is 57.9 Å². The first-order valence-electron chi connectivity index (χ1n) is 32.7. The SMILES string of the molecule is CP(O)(=S)OCCCCCCNC(=O)CCCCC(=O)N1Cc2ccccc2/C(N)=C(/NCCOc2ccc(C(=O)Oc3ccc(CS[P@](NCC4C[C@H](n5cnc6c(=O)[nH]c(N)nc65)O[C@@H]4CO[P@@](N)(=O)S)OC[C@@H]4CC[C@H](n5cnc6c(N)ncnc65)O4)cc3)cc2)c2ccccc21. The second kappa shape index (κ2) is 34.5. The minimum absolute atomic E-state index is 0.0407. The number of nitrogens with one attached hydrogen (secondary N) is 4. The molecule has 2 fully saturated rings. The standard InChI is InChI=1S/C65H81N16O13P3S3/c1-96(86,98)90-30-11-3-2-10-28-70-52(82)16-8-9-17-53(83)79-34-43-12-4-5-13-48(43)56(66)57(49-14-6-7-15-50(49)79)71-29-31-88-45-24-20-42(21-25-45)64(85)93-46-22-18-41(19-23-46)37-100-95(89-35-47-26-27-54(92-47)80-39-74-58-60(67)72-38-73-61(58)80)76-33-44-32-55(94-51(44)36-91-97(69,87)99)81-40-75-59-62(81)77-65(68)78-63(59)84/h4-7,12-15,18-25,38-40,44,47,51,54-55,71,76H,2-3,8-11,16-17,26-37,66H2,1H3,(H,70,82)(H,86,98)(H2,67,72,73)(H3,69,87,99)(H3,68,77,78,84)/b57-56-/t44?,47-,51+,54+,55+,95+,96?,97+/m0/s1. The second-order valence-corrected chi connectivity index (χ2v) is 34.6. The van der Waals surface area contributed by atoms with Gasteiger partial charge in [0.25, 0.3) is 5.56 Å². The summed E-state index contributed by atoms with van der Waals surface area (Å²) in [4.78, 5) is 88.3. The summed E-state index contributed by atoms with van der Waals surface area (Å²) in [6.07, 6.45) is 9.56. The van der Waals surface area contributed by atoms with Gasteiger partial charge >= 0.3 is 12.7 Å². The summed E-state index contributed by atoms with van der Waals surface area (Å²) < 4.78 is 58.3. The predicted octanol–water partition coefficient (Wildman–Crippen LogP) is 9.19. The number of nitrogens with zero attached hydrogens (tertiary/aromatic N) is 8. The van der Waals surface area contributed by atoms with Crippen LogP contribution in [0.5, 0.6) is 11.5 Å². The zero-order chi connectivity index (χ0) is 70.3. The van der Waals surface area contributed by atoms with Gasteiger partial charge in [0.15, 0.2) is 36.6 Å². The van der Waals surface area contributed by atoms with Gasteiger partial charge in [-0.05, 0) is 110 Å². The van der Waals surface area contributed by atoms with Crippen molar-refractivity contribution in [3.05, 3.63) is 154 Å². The number of fused-ring (bicyclic) bond motifs is 4. The summed E-state index contributed by atoms with van der Waals surface area (Å²) in [6, 6.07) is 29.3. The Morgan fingerprint density at radius 2 is 1.54 bits per heavy atom. The minimum Gasteiger partial charge on any atom is -0.492 e. The monoisotopic (exact) mass is 1480 g/mol. The molecule has 29 nitrogen and oxygen atoms in total. The number of unbranched alkanes of at least 4 members (excludes halogenated alkanes) is 4. The van der Waals surface area contributed by atoms with Gasteiger partial charge in [0.05, 0.1) is 73.9 Å². The molecule has 11 rings (SSSR count). The van der Waals surface area contributed by atoms with E-state index in [9.17, 15) is 28.6 Å². The lowest BCUT2D eigenvalue weighted by Gasteiger charge is -2.30. The first-order chi connectivity index (χ1) is 48.2. The van der Waals surface area contributed by atoms with E-state index in [0.29, 0.717) is 122 Å². The highest BCUT2D eigenvalue weighted by Crippen LogP contribution is 2.51. The fourth-order valence-electron chi connectivity index (χ4n) is 11.9. The second-order valence-electron chi connectivity index (χ2n) is 24.2. The molecule has 2 saturated heterocycles. The largest absolute Gasteiger partial charge is 0.492 e. The van der Waals surface area contributed by atoms with Gasteiger partial charge in [-0.15, -0.1) is 0 Å². The molecular weight excluding hydrogens is 1400 g/mol. The lowest BCUT2D eigenvalue weighted by molar-refractivity contribution is -0.122. The number of carbonyl (C=O) groups excluding carboxylic acids is 3. The van der Waals surface area contributed by atoms with E-state index in [-0.39, 0.29) is 79.2 Å². The van der Waals surface area contributed by atoms with Crippen molar-refractivity contribution in [2.24, 2.45) is 17.2 Å². The molecule has 0 bridgehead atoms. The number of ether oxygens (including phenoxy) is 4. The molecule has 2 amide bonds. The molecule has 0 spiro atoms. The van der Waals surface area contributed by atoms with Crippen molar-refractivity contribution in [2.45, 2.75) is 108 Å². The molecule has 8 aromatic rings. The third-order valence-corrected chi connectivity index (χ3v) is 22.0. The number of amides is 2. The van der Waals surface area contributed by atoms with Crippen LogP contribution in [0.15, 0.2) is 121 Å². The fourth-order valence-corrected chi connectivity index (χ4v) is 16.2. The maximum atomic E-state index is 14.2. The van der Waals surface area contributed by atoms with Crippen LogP contribution in [0.25, 0.3) is 33.7 Å². The van der Waals surface area contributed by atoms with Gasteiger partial charge in [-0.1, -0.05) is 91.1 Å². The molecule has 100 heavy (non-hydrogen) atoms. The number of nitrogens with two attached hydrogens (primary N) is 4. The lowest BCUT2D eigenvalue weighted by atomic mass is 9.95. The van der Waals surface area contributed by atoms with Gasteiger partial charge in [-0.25, -0.2) is 24.7 Å². The van der Waals surface area contributed by atoms with Gasteiger partial charge in [-0.2, -0.15) is 4.98 Å². The summed E-state index contributed by atoms with van der Waals surface area (Å²) in [5.41, 5.74) is 31.2. The van der Waals surface area contributed by atoms with E-state index >= 15 is 0 Å². The van der Waals surface area contributed by atoms with Crippen molar-refractivity contribution in [1.29, 1.82) is 0 Å². The molecule has 3 aliphatic heterocycles. The maximum Gasteiger partial charge on any atom is 0.343 e. The number of aromatic nitrogens is 8. The van der Waals surface area contributed by atoms with Crippen molar-refractivity contribution in [3.63, 3.8) is 0 Å². The normalized spacial score (nSPS) is 19.8. The summed E-state index contributed by atoms with van der Waals surface area (Å²) in [7, 11) is -1.44. The summed E-state index contributed by atoms with van der Waals surface area (Å²) in [6.45, 7) is -2.43. The number of rotatable bonds is 34. The zero-order valence-corrected chi connectivity index (χ0v) is 60.0. The predicted molar refractivity (Wildman–Crippen MR) is 391 cm³/mol. The molecule has 4 aromatic heterocycles. The highest BCUT2D eigenvalue weighted by Gasteiger charge is 2.39. The molecule has 8 atom stereocenters. The zero-order valence-electron chi connectivity index (χ0n) is 54.8. The van der Waals surface area contributed by atoms with Gasteiger partial charge in [-0.3, -0.25) is 43.7 Å². The third-order valence-electron chi connectivity index (χ3n) is 16.9. The van der Waals surface area contributed by atoms with E-state index < -0.39 is 44.6 Å². The van der Waals surface area contributed by atoms with Crippen LogP contribution in [0.4, 0.5) is 17.5 Å². The van der Waals surface area contributed by atoms with Crippen LogP contribution in [-0.4, -0.2) is 127 Å². The minimum atomic E-state index is -3.70. The molecule has 0 aliphatic carbocycles. The van der Waals surface area contributed by atoms with Gasteiger partial charge < -0.3 is 70.1 Å². The summed E-state index contributed by atoms with van der Waals surface area (Å²) in [5, 5.41) is 10.1. The number of thiol groups is 1. The average Bonchev–Trinajstić information content (AvgIpc) is 1.29. The molecule has 4 aromatic carbocycles. The van der Waals surface area contributed by atoms with E-state index in [1.807, 2.05) is 65.2 Å². The van der Waals surface area contributed by atoms with Crippen LogP contribution in [0.2, 0.25) is 0 Å². The van der Waals surface area contributed by atoms with Crippen molar-refractivity contribution in [2.75, 3.05) is 69.1 Å². The van der Waals surface area contributed by atoms with Crippen LogP contribution in [0.1, 0.15) is 116 Å². The molecule has 7 heterocycles. The van der Waals surface area contributed by atoms with Crippen molar-refractivity contribution in [1.82, 2.24) is 54.8 Å². The molecule has 0 saturated carbocycles. The van der Waals surface area contributed by atoms with Crippen molar-refractivity contribution in [3.8, 4) is 11.5 Å². The number of carbonyl (C=O) groups is 3. The van der Waals surface area contributed by atoms with Crippen LogP contribution < -0.4 is 58.4 Å². The molecule has 0 radical (unpaired) electrons. The number of anilines is 3. The Morgan fingerprint density at radius 1 is 0.810 bits per heavy atom. The Morgan fingerprint density at radius 3 is 2.33 bits per heavy atom. The lowest BCUT2D eigenvalue weighted by Crippen LogP contribution is -2.34. The topological polar surface area (TPSA) is 404 Å². The fraction of sp³-hybridized carbons (Fsp3) is 0.400. The van der Waals surface area contributed by atoms with Crippen molar-refractivity contribution >= 4 is 125 Å². The molecule has 13 N–H and O–H groups in total. The smallest absolute Gasteiger partial charge is 0.343 e. The van der Waals surface area contributed by atoms with Crippen LogP contribution in [0, 0.1) is 5.92 Å². The number of H-pyrrole nitrogens is 1. The van der Waals surface area contributed by atoms with Crippen LogP contribution >= 0.6 is 44.3 Å². The molecule has 532 valence electrons. The number of imidazole rings is 2. The van der Waals surface area contributed by atoms with E-state index in [0.717, 1.165) is 47.9 Å². The number of hydrogen-bond donors (Lipinski definition) is 10. The quantitative estimate of drug-likeness (QED) is 0.00590. The third kappa shape index (κ3) is 20.0. The first kappa shape index (κ1) is 73.8. The van der Waals surface area contributed by atoms with Gasteiger partial charge in [0, 0.05) is 61.9 Å². The van der Waals surface area contributed by atoms with Crippen molar-refractivity contribution < 1.29 is 56.4 Å². The van der Waals surface area contributed by atoms with Gasteiger partial charge in [0.1, 0.15) is 42.4 Å². The molecule has 3 aliphatic rings. The van der Waals surface area contributed by atoms with Crippen LogP contribution in [-0.2, 0) is 61.3 Å². The highest BCUT2D eigenvalue weighted by molar-refractivity contribution is 8.53. The van der Waals surface area contributed by atoms with Gasteiger partial charge in [0.2, 0.25) is 17.8 Å². The number of nitrogen functional groups attached to an aromatic ring is 2. The Hall–Kier alpha value is -7.38. The summed E-state index contributed by atoms with van der Waals surface area (Å²) >= 11 is 10.4. The molecular formula is C65H81N16O13P3S3. The number of para-hydroxylation sites is 1. The number of aromatic amines is 1. The highest BCUT2D eigenvalue weighted by atomic mass is 32.7. The Balaban J connectivity index is 0.669. The number of esters is 1. The Labute approximate surface area is 592 Å². The van der Waals surface area contributed by atoms with E-state index in [1.165, 1.54) is 19.3 Å². The van der Waals surface area contributed by atoms with Crippen LogP contribution in [0.3, 0.4) is 0 Å². The number of hydrogen-bond acceptors (Lipinski definition) is 24. The van der Waals surface area contributed by atoms with E-state index in [4.69, 9.17) is 67.0 Å². The Bertz CT molecular complexity index is 4350. The summed E-state index contributed by atoms with van der Waals surface area (Å²) in [5.74, 6) is 0.639. The number of benzene rings is 4. The van der Waals surface area contributed by atoms with E-state index in [1.54, 1.807) is 63.6 Å². The Kier molecular flexibility index (Phi) is 25.5. The maximum absolute atomic E-state index is 14.2. The average molecular weight is 1480 g/mol. The molecule has 35 heteroatoms. The first-order valence-corrected chi connectivity index (χ1v) is 41.5. The molecule has 2 unspecified atom stereocenters.